The molecule has 1 aromatic carbocycles. The average molecular weight is 254 g/mol. The van der Waals surface area contributed by atoms with Crippen molar-refractivity contribution < 1.29 is 4.42 Å². The fourth-order valence-electron chi connectivity index (χ4n) is 1.33. The summed E-state index contributed by atoms with van der Waals surface area (Å²) in [6, 6.07) is 7.66. The Hall–Kier alpha value is -1.29. The number of aromatic nitrogens is 1. The minimum absolute atomic E-state index is 0.423. The zero-order valence-corrected chi connectivity index (χ0v) is 9.09. The van der Waals surface area contributed by atoms with Gasteiger partial charge in [-0.2, -0.15) is 0 Å². The molecule has 0 aliphatic rings. The molecule has 0 atom stereocenters. The summed E-state index contributed by atoms with van der Waals surface area (Å²) in [6.45, 7) is 1.76. The molecule has 0 saturated carbocycles. The maximum absolute atomic E-state index is 11.0. The van der Waals surface area contributed by atoms with Gasteiger partial charge in [0.05, 0.1) is 5.69 Å². The first-order valence-corrected chi connectivity index (χ1v) is 4.92. The van der Waals surface area contributed by atoms with E-state index >= 15 is 0 Å². The Bertz CT molecular complexity index is 513. The standard InChI is InChI=1S/C10H8BrNO2/c1-6-9(12-10(13)14-6)7-4-2-3-5-8(7)11/h2-5H,1H3,(H,12,13). The van der Waals surface area contributed by atoms with E-state index < -0.39 is 5.76 Å². The van der Waals surface area contributed by atoms with E-state index in [1.165, 1.54) is 0 Å². The number of nitrogens with one attached hydrogen (secondary N) is 1. The molecule has 1 aromatic heterocycles. The second-order valence-electron chi connectivity index (χ2n) is 2.93. The van der Waals surface area contributed by atoms with E-state index in [0.29, 0.717) is 5.76 Å². The van der Waals surface area contributed by atoms with E-state index in [1.54, 1.807) is 6.92 Å². The number of halogens is 1. The van der Waals surface area contributed by atoms with Gasteiger partial charge in [-0.15, -0.1) is 0 Å². The SMILES string of the molecule is Cc1oc(=O)[nH]c1-c1ccccc1Br. The molecule has 14 heavy (non-hydrogen) atoms. The Kier molecular flexibility index (Phi) is 2.29. The van der Waals surface area contributed by atoms with Crippen LogP contribution in [0.3, 0.4) is 0 Å². The molecule has 72 valence electrons. The highest BCUT2D eigenvalue weighted by Crippen LogP contribution is 2.27. The van der Waals surface area contributed by atoms with Crippen LogP contribution in [0, 0.1) is 6.92 Å². The van der Waals surface area contributed by atoms with Crippen molar-refractivity contribution in [3.63, 3.8) is 0 Å². The Balaban J connectivity index is 2.66. The van der Waals surface area contributed by atoms with Crippen LogP contribution in [0.25, 0.3) is 11.3 Å². The lowest BCUT2D eigenvalue weighted by Crippen LogP contribution is -1.94. The minimum Gasteiger partial charge on any atom is -0.413 e. The average Bonchev–Trinajstić information content (AvgIpc) is 2.46. The third-order valence-electron chi connectivity index (χ3n) is 1.97. The van der Waals surface area contributed by atoms with Gasteiger partial charge in [0.1, 0.15) is 5.76 Å². The molecule has 0 saturated heterocycles. The lowest BCUT2D eigenvalue weighted by molar-refractivity contribution is 0.488. The second kappa shape index (κ2) is 3.46. The van der Waals surface area contributed by atoms with Crippen LogP contribution in [-0.2, 0) is 0 Å². The van der Waals surface area contributed by atoms with Crippen molar-refractivity contribution in [2.45, 2.75) is 6.92 Å². The van der Waals surface area contributed by atoms with E-state index in [2.05, 4.69) is 20.9 Å². The highest BCUT2D eigenvalue weighted by Gasteiger charge is 2.09. The Morgan fingerprint density at radius 3 is 2.64 bits per heavy atom. The molecule has 2 rings (SSSR count). The van der Waals surface area contributed by atoms with Gasteiger partial charge in [-0.05, 0) is 13.0 Å². The van der Waals surface area contributed by atoms with Gasteiger partial charge >= 0.3 is 5.76 Å². The zero-order chi connectivity index (χ0) is 10.1. The summed E-state index contributed by atoms with van der Waals surface area (Å²) < 4.78 is 5.82. The van der Waals surface area contributed by atoms with Gasteiger partial charge in [0.25, 0.3) is 0 Å². The molecule has 0 amide bonds. The maximum Gasteiger partial charge on any atom is 0.416 e. The van der Waals surface area contributed by atoms with Crippen LogP contribution >= 0.6 is 15.9 Å². The Morgan fingerprint density at radius 2 is 2.07 bits per heavy atom. The van der Waals surface area contributed by atoms with E-state index in [9.17, 15) is 4.79 Å². The Morgan fingerprint density at radius 1 is 1.36 bits per heavy atom. The molecule has 4 heteroatoms. The predicted octanol–water partition coefficient (Wildman–Crippen LogP) is 2.71. The van der Waals surface area contributed by atoms with Gasteiger partial charge in [-0.25, -0.2) is 4.79 Å². The molecule has 0 radical (unpaired) electrons. The lowest BCUT2D eigenvalue weighted by Gasteiger charge is -2.00. The molecule has 0 bridgehead atoms. The van der Waals surface area contributed by atoms with Gasteiger partial charge in [0.15, 0.2) is 0 Å². The van der Waals surface area contributed by atoms with Crippen molar-refractivity contribution in [3.8, 4) is 11.3 Å². The molecule has 0 unspecified atom stereocenters. The topological polar surface area (TPSA) is 46.0 Å². The first-order chi connectivity index (χ1) is 6.68. The summed E-state index contributed by atoms with van der Waals surface area (Å²) in [6.07, 6.45) is 0. The van der Waals surface area contributed by atoms with Crippen molar-refractivity contribution in [3.05, 3.63) is 45.0 Å². The van der Waals surface area contributed by atoms with E-state index in [-0.39, 0.29) is 0 Å². The van der Waals surface area contributed by atoms with Crippen molar-refractivity contribution in [2.24, 2.45) is 0 Å². The summed E-state index contributed by atoms with van der Waals surface area (Å²) in [5.74, 6) is 0.176. The summed E-state index contributed by atoms with van der Waals surface area (Å²) in [7, 11) is 0. The molecule has 1 N–H and O–H groups in total. The van der Waals surface area contributed by atoms with Crippen LogP contribution in [0.2, 0.25) is 0 Å². The van der Waals surface area contributed by atoms with Gasteiger partial charge in [0, 0.05) is 10.0 Å². The van der Waals surface area contributed by atoms with E-state index in [1.807, 2.05) is 24.3 Å². The van der Waals surface area contributed by atoms with Crippen LogP contribution < -0.4 is 5.76 Å². The molecule has 0 aliphatic carbocycles. The van der Waals surface area contributed by atoms with E-state index in [0.717, 1.165) is 15.7 Å². The highest BCUT2D eigenvalue weighted by molar-refractivity contribution is 9.10. The van der Waals surface area contributed by atoms with Crippen molar-refractivity contribution >= 4 is 15.9 Å². The number of aromatic amines is 1. The number of hydrogen-bond acceptors (Lipinski definition) is 2. The van der Waals surface area contributed by atoms with Gasteiger partial charge < -0.3 is 4.42 Å². The number of oxazole rings is 1. The number of hydrogen-bond donors (Lipinski definition) is 1. The largest absolute Gasteiger partial charge is 0.416 e. The monoisotopic (exact) mass is 253 g/mol. The molecular formula is C10H8BrNO2. The number of benzene rings is 1. The lowest BCUT2D eigenvalue weighted by atomic mass is 10.1. The van der Waals surface area contributed by atoms with Gasteiger partial charge in [0.2, 0.25) is 0 Å². The predicted molar refractivity (Wildman–Crippen MR) is 57.2 cm³/mol. The minimum atomic E-state index is -0.423. The summed E-state index contributed by atoms with van der Waals surface area (Å²) in [5.41, 5.74) is 1.65. The third kappa shape index (κ3) is 1.53. The molecule has 0 aliphatic heterocycles. The molecule has 1 heterocycles. The molecule has 0 fully saturated rings. The number of aryl methyl sites for hydroxylation is 1. The first kappa shape index (κ1) is 9.27. The van der Waals surface area contributed by atoms with Crippen LogP contribution in [0.5, 0.6) is 0 Å². The zero-order valence-electron chi connectivity index (χ0n) is 7.50. The Labute approximate surface area is 88.9 Å². The second-order valence-corrected chi connectivity index (χ2v) is 3.78. The number of H-pyrrole nitrogens is 1. The van der Waals surface area contributed by atoms with Gasteiger partial charge in [-0.1, -0.05) is 34.1 Å². The normalized spacial score (nSPS) is 10.4. The van der Waals surface area contributed by atoms with Crippen LogP contribution in [0.1, 0.15) is 5.76 Å². The number of rotatable bonds is 1. The summed E-state index contributed by atoms with van der Waals surface area (Å²) >= 11 is 3.41. The molecule has 0 spiro atoms. The summed E-state index contributed by atoms with van der Waals surface area (Å²) in [5, 5.41) is 0. The molecule has 3 nitrogen and oxygen atoms in total. The highest BCUT2D eigenvalue weighted by atomic mass is 79.9. The van der Waals surface area contributed by atoms with Crippen molar-refractivity contribution in [1.82, 2.24) is 4.98 Å². The summed E-state index contributed by atoms with van der Waals surface area (Å²) in [4.78, 5) is 13.6. The van der Waals surface area contributed by atoms with Gasteiger partial charge in [-0.3, -0.25) is 4.98 Å². The van der Waals surface area contributed by atoms with Crippen molar-refractivity contribution in [2.75, 3.05) is 0 Å². The quantitative estimate of drug-likeness (QED) is 0.850. The van der Waals surface area contributed by atoms with Crippen LogP contribution in [-0.4, -0.2) is 4.98 Å². The fourth-order valence-corrected chi connectivity index (χ4v) is 1.81. The molecule has 2 aromatic rings. The fraction of sp³-hybridized carbons (Fsp3) is 0.100. The molecular weight excluding hydrogens is 246 g/mol. The van der Waals surface area contributed by atoms with Crippen LogP contribution in [0.4, 0.5) is 0 Å². The first-order valence-electron chi connectivity index (χ1n) is 4.13. The third-order valence-corrected chi connectivity index (χ3v) is 2.66. The van der Waals surface area contributed by atoms with Crippen molar-refractivity contribution in [1.29, 1.82) is 0 Å². The smallest absolute Gasteiger partial charge is 0.413 e. The van der Waals surface area contributed by atoms with E-state index in [4.69, 9.17) is 4.42 Å². The maximum atomic E-state index is 11.0. The van der Waals surface area contributed by atoms with Crippen LogP contribution in [0.15, 0.2) is 37.9 Å².